The average molecular weight is 428 g/mol. The maximum atomic E-state index is 10.8. The summed E-state index contributed by atoms with van der Waals surface area (Å²) in [6.45, 7) is 2.40. The number of amides is 4. The maximum absolute atomic E-state index is 10.8. The van der Waals surface area contributed by atoms with Gasteiger partial charge in [-0.15, -0.1) is 0 Å². The summed E-state index contributed by atoms with van der Waals surface area (Å²) in [5, 5.41) is 13.7. The fourth-order valence-electron chi connectivity index (χ4n) is 2.83. The summed E-state index contributed by atoms with van der Waals surface area (Å²) in [5.74, 6) is 0.764. The van der Waals surface area contributed by atoms with E-state index in [-0.39, 0.29) is 0 Å². The van der Waals surface area contributed by atoms with E-state index >= 15 is 0 Å². The summed E-state index contributed by atoms with van der Waals surface area (Å²) < 4.78 is 5.13. The number of hydrogen-bond acceptors (Lipinski definition) is 6. The van der Waals surface area contributed by atoms with Crippen molar-refractivity contribution in [1.29, 1.82) is 0 Å². The first-order chi connectivity index (χ1) is 15.0. The van der Waals surface area contributed by atoms with E-state index in [1.54, 1.807) is 7.11 Å². The SMILES string of the molecule is COc1ccc(/N=N/c2ccc(N(CCCNC(N)=O)CCCNC(N)=O)cc2)cc1. The van der Waals surface area contributed by atoms with E-state index in [9.17, 15) is 9.59 Å². The first-order valence-electron chi connectivity index (χ1n) is 9.95. The lowest BCUT2D eigenvalue weighted by atomic mass is 10.2. The number of anilines is 1. The Hall–Kier alpha value is -3.82. The lowest BCUT2D eigenvalue weighted by Gasteiger charge is -2.25. The molecule has 0 aliphatic rings. The molecule has 0 saturated heterocycles. The quantitative estimate of drug-likeness (QED) is 0.304. The Morgan fingerprint density at radius 2 is 1.29 bits per heavy atom. The van der Waals surface area contributed by atoms with Crippen molar-refractivity contribution in [3.8, 4) is 5.75 Å². The van der Waals surface area contributed by atoms with Crippen molar-refractivity contribution in [3.05, 3.63) is 48.5 Å². The fraction of sp³-hybridized carbons (Fsp3) is 0.333. The molecule has 2 aromatic rings. The number of carbonyl (C=O) groups excluding carboxylic acids is 2. The fourth-order valence-corrected chi connectivity index (χ4v) is 2.83. The molecule has 0 aliphatic heterocycles. The molecular weight excluding hydrogens is 398 g/mol. The lowest BCUT2D eigenvalue weighted by Crippen LogP contribution is -2.35. The molecule has 0 spiro atoms. The maximum Gasteiger partial charge on any atom is 0.312 e. The number of nitrogens with zero attached hydrogens (tertiary/aromatic N) is 3. The van der Waals surface area contributed by atoms with Gasteiger partial charge in [-0.1, -0.05) is 0 Å². The molecule has 2 aromatic carbocycles. The molecule has 0 saturated carbocycles. The van der Waals surface area contributed by atoms with Crippen molar-refractivity contribution < 1.29 is 14.3 Å². The summed E-state index contributed by atoms with van der Waals surface area (Å²) in [6, 6.07) is 13.9. The van der Waals surface area contributed by atoms with Gasteiger partial charge in [0.05, 0.1) is 18.5 Å². The van der Waals surface area contributed by atoms with E-state index < -0.39 is 12.1 Å². The highest BCUT2D eigenvalue weighted by Gasteiger charge is 2.07. The van der Waals surface area contributed by atoms with Crippen molar-refractivity contribution in [3.63, 3.8) is 0 Å². The second-order valence-corrected chi connectivity index (χ2v) is 6.69. The molecule has 10 nitrogen and oxygen atoms in total. The highest BCUT2D eigenvalue weighted by molar-refractivity contribution is 5.71. The summed E-state index contributed by atoms with van der Waals surface area (Å²) in [6.07, 6.45) is 1.45. The molecule has 0 fully saturated rings. The van der Waals surface area contributed by atoms with Gasteiger partial charge in [-0.3, -0.25) is 0 Å². The Morgan fingerprint density at radius 1 is 0.839 bits per heavy atom. The number of methoxy groups -OCH3 is 1. The van der Waals surface area contributed by atoms with E-state index in [2.05, 4.69) is 25.8 Å². The van der Waals surface area contributed by atoms with Crippen LogP contribution < -0.4 is 31.7 Å². The smallest absolute Gasteiger partial charge is 0.312 e. The first kappa shape index (κ1) is 23.5. The Kier molecular flexibility index (Phi) is 9.60. The predicted octanol–water partition coefficient (Wildman–Crippen LogP) is 3.03. The van der Waals surface area contributed by atoms with Crippen molar-refractivity contribution >= 4 is 29.1 Å². The number of carbonyl (C=O) groups is 2. The second kappa shape index (κ2) is 12.7. The summed E-state index contributed by atoms with van der Waals surface area (Å²) in [7, 11) is 1.61. The van der Waals surface area contributed by atoms with Crippen LogP contribution in [-0.4, -0.2) is 45.4 Å². The van der Waals surface area contributed by atoms with Gasteiger partial charge in [0.25, 0.3) is 0 Å². The monoisotopic (exact) mass is 427 g/mol. The highest BCUT2D eigenvalue weighted by atomic mass is 16.5. The number of azo groups is 1. The van der Waals surface area contributed by atoms with Crippen LogP contribution >= 0.6 is 0 Å². The molecule has 31 heavy (non-hydrogen) atoms. The first-order valence-corrected chi connectivity index (χ1v) is 9.95. The zero-order chi connectivity index (χ0) is 22.5. The Labute approximate surface area is 181 Å². The Bertz CT molecular complexity index is 832. The molecule has 0 aliphatic carbocycles. The van der Waals surface area contributed by atoms with E-state index in [0.717, 1.165) is 35.7 Å². The second-order valence-electron chi connectivity index (χ2n) is 6.69. The van der Waals surface area contributed by atoms with Crippen LogP contribution in [0.1, 0.15) is 12.8 Å². The topological polar surface area (TPSA) is 147 Å². The summed E-state index contributed by atoms with van der Waals surface area (Å²) in [5.41, 5.74) is 12.7. The summed E-state index contributed by atoms with van der Waals surface area (Å²) in [4.78, 5) is 23.8. The van der Waals surface area contributed by atoms with Crippen LogP contribution in [0.4, 0.5) is 26.7 Å². The zero-order valence-corrected chi connectivity index (χ0v) is 17.6. The van der Waals surface area contributed by atoms with Crippen LogP contribution in [-0.2, 0) is 0 Å². The number of benzene rings is 2. The van der Waals surface area contributed by atoms with Crippen LogP contribution in [0.15, 0.2) is 58.8 Å². The number of nitrogens with two attached hydrogens (primary N) is 2. The molecule has 0 bridgehead atoms. The van der Waals surface area contributed by atoms with Gasteiger partial charge in [0.2, 0.25) is 0 Å². The minimum atomic E-state index is -0.538. The van der Waals surface area contributed by atoms with Gasteiger partial charge in [0.1, 0.15) is 5.75 Å². The van der Waals surface area contributed by atoms with E-state index in [0.29, 0.717) is 26.2 Å². The molecule has 0 atom stereocenters. The van der Waals surface area contributed by atoms with Gasteiger partial charge in [0.15, 0.2) is 0 Å². The standard InChI is InChI=1S/C21H29N7O3/c1-31-19-10-6-17(7-11-19)27-26-16-4-8-18(9-5-16)28(14-2-12-24-20(22)29)15-3-13-25-21(23)30/h4-11H,2-3,12-15H2,1H3,(H3,22,24,29)(H3,23,25,30)/b27-26+. The van der Waals surface area contributed by atoms with Crippen molar-refractivity contribution in [2.24, 2.45) is 21.7 Å². The number of nitrogens with one attached hydrogen (secondary N) is 2. The third-order valence-electron chi connectivity index (χ3n) is 4.38. The molecule has 10 heteroatoms. The van der Waals surface area contributed by atoms with Crippen LogP contribution in [0.2, 0.25) is 0 Å². The van der Waals surface area contributed by atoms with Gasteiger partial charge >= 0.3 is 12.1 Å². The Balaban J connectivity index is 1.98. The van der Waals surface area contributed by atoms with Gasteiger partial charge in [0, 0.05) is 31.9 Å². The Morgan fingerprint density at radius 3 is 1.71 bits per heavy atom. The largest absolute Gasteiger partial charge is 0.497 e. The number of primary amides is 2. The van der Waals surface area contributed by atoms with Gasteiger partial charge in [-0.2, -0.15) is 10.2 Å². The van der Waals surface area contributed by atoms with E-state index in [1.165, 1.54) is 0 Å². The lowest BCUT2D eigenvalue weighted by molar-refractivity contribution is 0.248. The highest BCUT2D eigenvalue weighted by Crippen LogP contribution is 2.24. The minimum Gasteiger partial charge on any atom is -0.497 e. The van der Waals surface area contributed by atoms with E-state index in [1.807, 2.05) is 48.5 Å². The molecule has 0 radical (unpaired) electrons. The van der Waals surface area contributed by atoms with Gasteiger partial charge < -0.3 is 31.7 Å². The normalized spacial score (nSPS) is 10.6. The number of urea groups is 2. The number of rotatable bonds is 12. The zero-order valence-electron chi connectivity index (χ0n) is 17.6. The van der Waals surface area contributed by atoms with Crippen LogP contribution in [0.5, 0.6) is 5.75 Å². The third kappa shape index (κ3) is 9.03. The molecule has 0 heterocycles. The number of ether oxygens (including phenoxy) is 1. The van der Waals surface area contributed by atoms with Crippen LogP contribution in [0, 0.1) is 0 Å². The molecular formula is C21H29N7O3. The van der Waals surface area contributed by atoms with Crippen molar-refractivity contribution in [2.45, 2.75) is 12.8 Å². The molecule has 0 aromatic heterocycles. The molecule has 2 rings (SSSR count). The predicted molar refractivity (Wildman–Crippen MR) is 120 cm³/mol. The van der Waals surface area contributed by atoms with Crippen LogP contribution in [0.3, 0.4) is 0 Å². The van der Waals surface area contributed by atoms with Crippen molar-refractivity contribution in [2.75, 3.05) is 38.2 Å². The molecule has 4 amide bonds. The van der Waals surface area contributed by atoms with Gasteiger partial charge in [-0.05, 0) is 61.4 Å². The van der Waals surface area contributed by atoms with Gasteiger partial charge in [-0.25, -0.2) is 9.59 Å². The van der Waals surface area contributed by atoms with E-state index in [4.69, 9.17) is 16.2 Å². The van der Waals surface area contributed by atoms with Crippen molar-refractivity contribution in [1.82, 2.24) is 10.6 Å². The number of hydrogen-bond donors (Lipinski definition) is 4. The summed E-state index contributed by atoms with van der Waals surface area (Å²) >= 11 is 0. The van der Waals surface area contributed by atoms with Crippen LogP contribution in [0.25, 0.3) is 0 Å². The average Bonchev–Trinajstić information content (AvgIpc) is 2.77. The third-order valence-corrected chi connectivity index (χ3v) is 4.38. The molecule has 166 valence electrons. The molecule has 6 N–H and O–H groups in total. The molecule has 0 unspecified atom stereocenters. The minimum absolute atomic E-state index is 0.486.